The van der Waals surface area contributed by atoms with Crippen LogP contribution in [0.15, 0.2) is 84.9 Å². The highest BCUT2D eigenvalue weighted by Crippen LogP contribution is 2.35. The van der Waals surface area contributed by atoms with Crippen molar-refractivity contribution in [3.63, 3.8) is 0 Å². The number of likely N-dealkylation sites (N-methyl/N-ethyl adjacent to an activating group) is 1. The predicted octanol–water partition coefficient (Wildman–Crippen LogP) is 6.22. The highest BCUT2D eigenvalue weighted by atomic mass is 35.5. The third kappa shape index (κ3) is 5.96. The van der Waals surface area contributed by atoms with Crippen LogP contribution in [0, 0.1) is 0 Å². The molecule has 0 N–H and O–H groups in total. The van der Waals surface area contributed by atoms with Gasteiger partial charge in [-0.25, -0.2) is 0 Å². The molecule has 0 heterocycles. The van der Waals surface area contributed by atoms with Crippen molar-refractivity contribution in [3.8, 4) is 5.75 Å². The number of allylic oxidation sites excluding steroid dienone is 1. The predicted molar refractivity (Wildman–Crippen MR) is 125 cm³/mol. The largest absolute Gasteiger partial charge is 0.492 e. The van der Waals surface area contributed by atoms with E-state index in [2.05, 4.69) is 24.3 Å². The standard InChI is InChI=1S/C26H28ClNO/c1-28(2)19-20-29-24-15-13-23(14-16-24)26(22-11-7-4-8-12-22)25(17-18-27)21-9-5-3-6-10-21/h3-16H,17-20H2,1-2H3/b26-25-/i19D2,20D2. The minimum Gasteiger partial charge on any atom is -0.492 e. The van der Waals surface area contributed by atoms with Crippen LogP contribution in [0.4, 0.5) is 0 Å². The number of nitrogens with zero attached hydrogens (tertiary/aromatic N) is 1. The summed E-state index contributed by atoms with van der Waals surface area (Å²) in [6, 6.07) is 27.3. The zero-order valence-corrected chi connectivity index (χ0v) is 17.5. The monoisotopic (exact) mass is 409 g/mol. The minimum absolute atomic E-state index is 0.250. The van der Waals surface area contributed by atoms with E-state index in [4.69, 9.17) is 21.8 Å². The Labute approximate surface area is 185 Å². The van der Waals surface area contributed by atoms with Crippen LogP contribution in [0.1, 0.15) is 28.6 Å². The lowest BCUT2D eigenvalue weighted by atomic mass is 9.88. The van der Waals surface area contributed by atoms with Gasteiger partial charge in [-0.1, -0.05) is 72.8 Å². The molecule has 0 aromatic heterocycles. The van der Waals surface area contributed by atoms with Gasteiger partial charge in [0.2, 0.25) is 0 Å². The van der Waals surface area contributed by atoms with Crippen LogP contribution in [0.5, 0.6) is 5.75 Å². The number of benzene rings is 3. The highest BCUT2D eigenvalue weighted by molar-refractivity contribution is 6.18. The van der Waals surface area contributed by atoms with Crippen LogP contribution in [-0.4, -0.2) is 37.9 Å². The Balaban J connectivity index is 2.06. The van der Waals surface area contributed by atoms with E-state index < -0.39 is 13.1 Å². The lowest BCUT2D eigenvalue weighted by Crippen LogP contribution is -2.19. The van der Waals surface area contributed by atoms with Crippen molar-refractivity contribution in [2.75, 3.05) is 33.0 Å². The maximum absolute atomic E-state index is 8.11. The van der Waals surface area contributed by atoms with Crippen LogP contribution in [0.25, 0.3) is 11.1 Å². The fourth-order valence-corrected chi connectivity index (χ4v) is 3.32. The molecule has 2 nitrogen and oxygen atoms in total. The Bertz CT molecular complexity index is 1070. The van der Waals surface area contributed by atoms with Gasteiger partial charge in [-0.3, -0.25) is 0 Å². The molecule has 0 spiro atoms. The fourth-order valence-electron chi connectivity index (χ4n) is 3.13. The molecule has 0 saturated carbocycles. The van der Waals surface area contributed by atoms with Gasteiger partial charge in [-0.05, 0) is 60.5 Å². The van der Waals surface area contributed by atoms with Gasteiger partial charge in [0.15, 0.2) is 0 Å². The number of halogens is 1. The van der Waals surface area contributed by atoms with Crippen LogP contribution < -0.4 is 4.74 Å². The highest BCUT2D eigenvalue weighted by Gasteiger charge is 2.14. The number of ether oxygens (including phenoxy) is 1. The zero-order chi connectivity index (χ0) is 24.1. The molecule has 0 bridgehead atoms. The van der Waals surface area contributed by atoms with E-state index in [9.17, 15) is 0 Å². The maximum Gasteiger partial charge on any atom is 0.119 e. The molecule has 0 amide bonds. The average Bonchev–Trinajstić information content (AvgIpc) is 2.80. The van der Waals surface area contributed by atoms with Gasteiger partial charge in [0.1, 0.15) is 12.3 Å². The summed E-state index contributed by atoms with van der Waals surface area (Å²) in [6.07, 6.45) is 0.680. The number of hydrogen-bond donors (Lipinski definition) is 0. The molecule has 0 aliphatic heterocycles. The Morgan fingerprint density at radius 3 is 1.93 bits per heavy atom. The summed E-state index contributed by atoms with van der Waals surface area (Å²) in [7, 11) is 2.95. The van der Waals surface area contributed by atoms with Crippen LogP contribution in [0.2, 0.25) is 0 Å². The third-order valence-electron chi connectivity index (χ3n) is 4.41. The molecule has 3 aromatic rings. The Hall–Kier alpha value is -2.55. The van der Waals surface area contributed by atoms with Crippen LogP contribution in [0.3, 0.4) is 0 Å². The summed E-state index contributed by atoms with van der Waals surface area (Å²) < 4.78 is 37.7. The molecule has 150 valence electrons. The summed E-state index contributed by atoms with van der Waals surface area (Å²) in [5.41, 5.74) is 5.24. The van der Waals surface area contributed by atoms with E-state index in [1.54, 1.807) is 12.1 Å². The quantitative estimate of drug-likeness (QED) is 0.307. The van der Waals surface area contributed by atoms with E-state index in [-0.39, 0.29) is 5.75 Å². The Kier molecular flexibility index (Phi) is 6.09. The molecule has 3 rings (SSSR count). The fraction of sp³-hybridized carbons (Fsp3) is 0.231. The normalized spacial score (nSPS) is 15.0. The second kappa shape index (κ2) is 10.8. The molecule has 0 fully saturated rings. The molecule has 0 saturated heterocycles. The van der Waals surface area contributed by atoms with Gasteiger partial charge in [0.25, 0.3) is 0 Å². The van der Waals surface area contributed by atoms with Crippen molar-refractivity contribution in [1.82, 2.24) is 4.90 Å². The lowest BCUT2D eigenvalue weighted by Gasteiger charge is -2.17. The first-order valence-corrected chi connectivity index (χ1v) is 10.1. The summed E-state index contributed by atoms with van der Waals surface area (Å²) in [6.45, 7) is -4.84. The van der Waals surface area contributed by atoms with Crippen molar-refractivity contribution >= 4 is 22.7 Å². The first-order valence-electron chi connectivity index (χ1n) is 11.5. The van der Waals surface area contributed by atoms with Gasteiger partial charge >= 0.3 is 0 Å². The molecular formula is C26H28ClNO. The molecule has 29 heavy (non-hydrogen) atoms. The van der Waals surface area contributed by atoms with Gasteiger partial charge in [-0.15, -0.1) is 11.6 Å². The Morgan fingerprint density at radius 1 is 0.828 bits per heavy atom. The SMILES string of the molecule is [2H]C([2H])(Oc1ccc(/C(=C(/CCCl)c2ccccc2)c2ccccc2)cc1)C([2H])([2H])N(C)C. The zero-order valence-electron chi connectivity index (χ0n) is 20.7. The van der Waals surface area contributed by atoms with Crippen LogP contribution in [-0.2, 0) is 0 Å². The van der Waals surface area contributed by atoms with Crippen molar-refractivity contribution < 1.29 is 10.2 Å². The molecule has 0 unspecified atom stereocenters. The van der Waals surface area contributed by atoms with E-state index in [1.807, 2.05) is 48.5 Å². The average molecular weight is 410 g/mol. The first-order chi connectivity index (χ1) is 15.7. The number of alkyl halides is 1. The smallest absolute Gasteiger partial charge is 0.119 e. The second-order valence-corrected chi connectivity index (χ2v) is 7.14. The molecule has 0 radical (unpaired) electrons. The van der Waals surface area contributed by atoms with E-state index in [1.165, 1.54) is 14.1 Å². The van der Waals surface area contributed by atoms with Gasteiger partial charge in [-0.2, -0.15) is 0 Å². The molecule has 0 aliphatic rings. The third-order valence-corrected chi connectivity index (χ3v) is 4.60. The van der Waals surface area contributed by atoms with Crippen molar-refractivity contribution in [2.45, 2.75) is 6.42 Å². The van der Waals surface area contributed by atoms with Gasteiger partial charge < -0.3 is 9.64 Å². The van der Waals surface area contributed by atoms with Gasteiger partial charge in [0, 0.05) is 15.1 Å². The minimum atomic E-state index is -2.54. The van der Waals surface area contributed by atoms with E-state index in [0.717, 1.165) is 32.7 Å². The van der Waals surface area contributed by atoms with E-state index >= 15 is 0 Å². The molecule has 0 aliphatic carbocycles. The first kappa shape index (κ1) is 16.3. The number of rotatable bonds is 9. The summed E-state index contributed by atoms with van der Waals surface area (Å²) >= 11 is 6.20. The molecular weight excluding hydrogens is 378 g/mol. The topological polar surface area (TPSA) is 12.5 Å². The van der Waals surface area contributed by atoms with E-state index in [0.29, 0.717) is 12.3 Å². The summed E-state index contributed by atoms with van der Waals surface area (Å²) in [5.74, 6) is 0.724. The van der Waals surface area contributed by atoms with Gasteiger partial charge in [0.05, 0.1) is 2.74 Å². The van der Waals surface area contributed by atoms with Crippen LogP contribution >= 0.6 is 11.6 Å². The van der Waals surface area contributed by atoms with Crippen molar-refractivity contribution in [1.29, 1.82) is 0 Å². The Morgan fingerprint density at radius 2 is 1.38 bits per heavy atom. The number of hydrogen-bond acceptors (Lipinski definition) is 2. The second-order valence-electron chi connectivity index (χ2n) is 6.76. The summed E-state index contributed by atoms with van der Waals surface area (Å²) in [5, 5.41) is 0. The molecule has 0 atom stereocenters. The molecule has 3 heteroatoms. The van der Waals surface area contributed by atoms with Crippen molar-refractivity contribution in [2.24, 2.45) is 0 Å². The lowest BCUT2D eigenvalue weighted by molar-refractivity contribution is 0.261. The maximum atomic E-state index is 8.11. The molecule has 3 aromatic carbocycles. The van der Waals surface area contributed by atoms with Crippen molar-refractivity contribution in [3.05, 3.63) is 102 Å². The summed E-state index contributed by atoms with van der Waals surface area (Å²) in [4.78, 5) is 1.16.